The van der Waals surface area contributed by atoms with Gasteiger partial charge in [0.1, 0.15) is 0 Å². The number of amides is 2. The molecular weight excluding hydrogens is 731 g/mol. The Hall–Kier alpha value is -2.85. The largest absolute Gasteiger partial charge is 0.465 e. The molecule has 0 fully saturated rings. The fourth-order valence-corrected chi connectivity index (χ4v) is 6.84. The van der Waals surface area contributed by atoms with E-state index < -0.39 is 0 Å². The topological polar surface area (TPSA) is 175 Å². The number of carbonyl (C=O) groups excluding carboxylic acids is 4. The molecule has 2 unspecified atom stereocenters. The Morgan fingerprint density at radius 2 is 0.862 bits per heavy atom. The van der Waals surface area contributed by atoms with Crippen LogP contribution >= 0.6 is 0 Å². The summed E-state index contributed by atoms with van der Waals surface area (Å²) in [4.78, 5) is 53.3. The van der Waals surface area contributed by atoms with Crippen molar-refractivity contribution in [2.24, 2.45) is 28.3 Å². The van der Waals surface area contributed by atoms with E-state index in [0.717, 1.165) is 116 Å². The first-order valence-corrected chi connectivity index (χ1v) is 24.1. The summed E-state index contributed by atoms with van der Waals surface area (Å²) in [5.74, 6) is -0.0162. The van der Waals surface area contributed by atoms with Crippen molar-refractivity contribution in [3.63, 3.8) is 0 Å². The van der Waals surface area contributed by atoms with Gasteiger partial charge in [0.15, 0.2) is 5.96 Å². The maximum absolute atomic E-state index is 12.8. The summed E-state index contributed by atoms with van der Waals surface area (Å²) in [6.07, 6.45) is 31.6. The molecule has 2 atom stereocenters. The van der Waals surface area contributed by atoms with E-state index in [4.69, 9.17) is 20.9 Å². The lowest BCUT2D eigenvalue weighted by atomic mass is 9.94. The zero-order valence-electron chi connectivity index (χ0n) is 38.5. The molecular formula is C47H93N5O6. The molecule has 0 radical (unpaired) electrons. The van der Waals surface area contributed by atoms with Gasteiger partial charge in [0.2, 0.25) is 11.8 Å². The van der Waals surface area contributed by atoms with E-state index in [0.29, 0.717) is 32.7 Å². The molecule has 0 heterocycles. The van der Waals surface area contributed by atoms with Gasteiger partial charge in [0, 0.05) is 19.5 Å². The van der Waals surface area contributed by atoms with Crippen LogP contribution in [0.1, 0.15) is 227 Å². The number of aliphatic imine (C=N–C) groups is 1. The summed E-state index contributed by atoms with van der Waals surface area (Å²) in [7, 11) is 0. The molecule has 0 aliphatic carbocycles. The van der Waals surface area contributed by atoms with Crippen LogP contribution in [0.15, 0.2) is 4.99 Å². The molecule has 0 aromatic carbocycles. The van der Waals surface area contributed by atoms with Crippen molar-refractivity contribution >= 4 is 29.7 Å². The van der Waals surface area contributed by atoms with E-state index in [2.05, 4.69) is 43.3 Å². The van der Waals surface area contributed by atoms with Gasteiger partial charge >= 0.3 is 11.9 Å². The maximum Gasteiger partial charge on any atom is 0.308 e. The van der Waals surface area contributed by atoms with Crippen molar-refractivity contribution in [3.8, 4) is 0 Å². The molecule has 0 saturated carbocycles. The van der Waals surface area contributed by atoms with Crippen molar-refractivity contribution in [1.29, 1.82) is 0 Å². The highest BCUT2D eigenvalue weighted by Gasteiger charge is 2.20. The molecule has 342 valence electrons. The Bertz CT molecular complexity index is 991. The molecule has 0 saturated heterocycles. The van der Waals surface area contributed by atoms with Gasteiger partial charge in [0.05, 0.1) is 31.6 Å². The van der Waals surface area contributed by atoms with E-state index in [-0.39, 0.29) is 48.1 Å². The van der Waals surface area contributed by atoms with Crippen LogP contribution in [-0.4, -0.2) is 62.6 Å². The monoisotopic (exact) mass is 824 g/mol. The highest BCUT2D eigenvalue weighted by molar-refractivity contribution is 5.84. The highest BCUT2D eigenvalue weighted by Crippen LogP contribution is 2.21. The Morgan fingerprint density at radius 1 is 0.466 bits per heavy atom. The predicted molar refractivity (Wildman–Crippen MR) is 242 cm³/mol. The molecule has 0 aliphatic heterocycles. The molecule has 0 bridgehead atoms. The summed E-state index contributed by atoms with van der Waals surface area (Å²) < 4.78 is 11.3. The molecule has 0 rings (SSSR count). The van der Waals surface area contributed by atoms with Gasteiger partial charge in [0.25, 0.3) is 0 Å². The predicted octanol–water partition coefficient (Wildman–Crippen LogP) is 10.6. The normalized spacial score (nSPS) is 11.8. The van der Waals surface area contributed by atoms with Crippen LogP contribution in [0.5, 0.6) is 0 Å². The second-order valence-electron chi connectivity index (χ2n) is 16.1. The van der Waals surface area contributed by atoms with Crippen LogP contribution in [0.25, 0.3) is 0 Å². The molecule has 6 N–H and O–H groups in total. The van der Waals surface area contributed by atoms with Crippen molar-refractivity contribution in [2.75, 3.05) is 32.8 Å². The van der Waals surface area contributed by atoms with Crippen molar-refractivity contribution in [1.82, 2.24) is 10.6 Å². The minimum Gasteiger partial charge on any atom is -0.465 e. The van der Waals surface area contributed by atoms with E-state index in [1.807, 2.05) is 6.92 Å². The van der Waals surface area contributed by atoms with Crippen LogP contribution in [0.4, 0.5) is 0 Å². The van der Waals surface area contributed by atoms with Gasteiger partial charge in [-0.2, -0.15) is 0 Å². The number of carbonyl (C=O) groups is 4. The average Bonchev–Trinajstić information content (AvgIpc) is 3.20. The SMILES string of the molecule is CCCCCCCCC(CCCCCC)C(=O)OCCCCCCNC(=O)CNC(=O)CCCCCCCOC(=O)C(CCCC)CCCCCC.CCN=C(N)N. The lowest BCUT2D eigenvalue weighted by Crippen LogP contribution is -2.37. The summed E-state index contributed by atoms with van der Waals surface area (Å²) in [6, 6.07) is 0. The van der Waals surface area contributed by atoms with Gasteiger partial charge in [-0.3, -0.25) is 24.2 Å². The molecule has 0 aromatic rings. The number of nitrogens with one attached hydrogen (secondary N) is 2. The van der Waals surface area contributed by atoms with Gasteiger partial charge in [-0.25, -0.2) is 0 Å². The summed E-state index contributed by atoms with van der Waals surface area (Å²) in [5.41, 5.74) is 9.86. The quantitative estimate of drug-likeness (QED) is 0.0204. The molecule has 0 aromatic heterocycles. The highest BCUT2D eigenvalue weighted by atomic mass is 16.5. The standard InChI is InChI=1S/C44H84N2O6.C3H9N3/c1-5-9-13-16-18-25-33-40(32-24-15-11-7-3)44(50)52-37-29-22-20-27-35-45-42(48)38-46-41(47)34-26-19-17-21-28-36-51-43(49)39(30-12-8-4)31-23-14-10-6-2;1-2-6-3(4)5/h39-40H,5-38H2,1-4H3,(H,45,48)(H,46,47);2H2,1H3,(H4,4,5,6). The Balaban J connectivity index is 0. The second kappa shape index (κ2) is 45.2. The molecule has 0 aliphatic rings. The van der Waals surface area contributed by atoms with E-state index in [1.54, 1.807) is 0 Å². The Labute approximate surface area is 356 Å². The Morgan fingerprint density at radius 3 is 1.31 bits per heavy atom. The number of ether oxygens (including phenoxy) is 2. The number of guanidine groups is 1. The minimum atomic E-state index is -0.162. The van der Waals surface area contributed by atoms with E-state index in [9.17, 15) is 19.2 Å². The first kappa shape index (κ1) is 57.2. The van der Waals surface area contributed by atoms with Gasteiger partial charge in [-0.05, 0) is 64.7 Å². The van der Waals surface area contributed by atoms with E-state index >= 15 is 0 Å². The molecule has 0 spiro atoms. The first-order chi connectivity index (χ1) is 28.2. The summed E-state index contributed by atoms with van der Waals surface area (Å²) >= 11 is 0. The van der Waals surface area contributed by atoms with Gasteiger partial charge in [-0.15, -0.1) is 0 Å². The molecule has 11 heteroatoms. The Kier molecular flexibility index (Phi) is 44.6. The van der Waals surface area contributed by atoms with Crippen LogP contribution < -0.4 is 22.1 Å². The lowest BCUT2D eigenvalue weighted by molar-refractivity contribution is -0.150. The number of nitrogens with zero attached hydrogens (tertiary/aromatic N) is 1. The third-order valence-corrected chi connectivity index (χ3v) is 10.5. The van der Waals surface area contributed by atoms with Crippen LogP contribution in [-0.2, 0) is 28.7 Å². The molecule has 11 nitrogen and oxygen atoms in total. The number of rotatable bonds is 40. The molecule has 58 heavy (non-hydrogen) atoms. The third kappa shape index (κ3) is 41.3. The molecule has 2 amide bonds. The number of hydrogen-bond acceptors (Lipinski definition) is 7. The smallest absolute Gasteiger partial charge is 0.308 e. The summed E-state index contributed by atoms with van der Waals surface area (Å²) in [6.45, 7) is 12.9. The number of unbranched alkanes of at least 4 members (excludes halogenated alkanes) is 19. The van der Waals surface area contributed by atoms with Crippen molar-refractivity contribution < 1.29 is 28.7 Å². The average molecular weight is 824 g/mol. The fourth-order valence-electron chi connectivity index (χ4n) is 6.84. The summed E-state index contributed by atoms with van der Waals surface area (Å²) in [5, 5.41) is 5.61. The number of esters is 2. The van der Waals surface area contributed by atoms with Crippen LogP contribution in [0, 0.1) is 11.8 Å². The number of hydrogen-bond donors (Lipinski definition) is 4. The zero-order chi connectivity index (χ0) is 43.3. The van der Waals surface area contributed by atoms with Gasteiger partial charge in [-0.1, -0.05) is 156 Å². The third-order valence-electron chi connectivity index (χ3n) is 10.5. The maximum atomic E-state index is 12.8. The fraction of sp³-hybridized carbons (Fsp3) is 0.894. The first-order valence-electron chi connectivity index (χ1n) is 24.1. The number of nitrogens with two attached hydrogens (primary N) is 2. The van der Waals surface area contributed by atoms with Crippen LogP contribution in [0.2, 0.25) is 0 Å². The lowest BCUT2D eigenvalue weighted by Gasteiger charge is -2.16. The second-order valence-corrected chi connectivity index (χ2v) is 16.1. The van der Waals surface area contributed by atoms with Crippen molar-refractivity contribution in [3.05, 3.63) is 0 Å². The van der Waals surface area contributed by atoms with E-state index in [1.165, 1.54) is 70.6 Å². The minimum absolute atomic E-state index is 0.00623. The van der Waals surface area contributed by atoms with Gasteiger partial charge < -0.3 is 31.6 Å². The van der Waals surface area contributed by atoms with Crippen molar-refractivity contribution in [2.45, 2.75) is 227 Å². The van der Waals surface area contributed by atoms with Crippen LogP contribution in [0.3, 0.4) is 0 Å². The zero-order valence-corrected chi connectivity index (χ0v) is 38.5.